The maximum absolute atomic E-state index is 13.2. The van der Waals surface area contributed by atoms with Crippen LogP contribution >= 0.6 is 11.8 Å². The fraction of sp³-hybridized carbons (Fsp3) is 0.522. The zero-order valence-electron chi connectivity index (χ0n) is 19.4. The second-order valence-corrected chi connectivity index (χ2v) is 12.6. The minimum atomic E-state index is -3.54. The number of aliphatic hydroxyl groups is 1. The van der Waals surface area contributed by atoms with E-state index in [1.165, 1.54) is 6.08 Å². The van der Waals surface area contributed by atoms with Crippen LogP contribution in [0.2, 0.25) is 0 Å². The molecular formula is C23H32N4O3S2. The van der Waals surface area contributed by atoms with Gasteiger partial charge in [-0.3, -0.25) is 4.98 Å². The highest BCUT2D eigenvalue weighted by Gasteiger charge is 2.35. The van der Waals surface area contributed by atoms with Crippen molar-refractivity contribution >= 4 is 33.4 Å². The van der Waals surface area contributed by atoms with Crippen molar-refractivity contribution < 1.29 is 14.1 Å². The Balaban J connectivity index is 1.93. The van der Waals surface area contributed by atoms with Gasteiger partial charge >= 0.3 is 6.03 Å². The van der Waals surface area contributed by atoms with Crippen molar-refractivity contribution in [2.75, 3.05) is 5.32 Å². The van der Waals surface area contributed by atoms with Gasteiger partial charge in [0.1, 0.15) is 9.92 Å². The Hall–Kier alpha value is -1.90. The Morgan fingerprint density at radius 1 is 1.34 bits per heavy atom. The highest BCUT2D eigenvalue weighted by molar-refractivity contribution is 8.20. The van der Waals surface area contributed by atoms with Crippen molar-refractivity contribution in [2.45, 2.75) is 72.3 Å². The second kappa shape index (κ2) is 8.80. The van der Waals surface area contributed by atoms with Crippen molar-refractivity contribution in [3.05, 3.63) is 50.0 Å². The molecule has 0 saturated carbocycles. The molecule has 2 aliphatic carbocycles. The molecule has 7 nitrogen and oxygen atoms in total. The van der Waals surface area contributed by atoms with Crippen LogP contribution < -0.4 is 10.5 Å². The van der Waals surface area contributed by atoms with E-state index >= 15 is 0 Å². The van der Waals surface area contributed by atoms with Crippen LogP contribution in [0.4, 0.5) is 10.5 Å². The molecule has 0 spiro atoms. The monoisotopic (exact) mass is 476 g/mol. The number of urea groups is 1. The van der Waals surface area contributed by atoms with E-state index in [9.17, 15) is 14.1 Å². The van der Waals surface area contributed by atoms with Crippen molar-refractivity contribution in [3.8, 4) is 0 Å². The minimum absolute atomic E-state index is 0.0712. The number of amides is 2. The van der Waals surface area contributed by atoms with Gasteiger partial charge in [-0.2, -0.15) is 0 Å². The predicted octanol–water partition coefficient (Wildman–Crippen LogP) is 4.60. The number of nitrogens with zero attached hydrogens (tertiary/aromatic N) is 2. The van der Waals surface area contributed by atoms with Crippen LogP contribution in [0.15, 0.2) is 31.9 Å². The fourth-order valence-corrected chi connectivity index (χ4v) is 6.42. The number of fused-ring (bicyclic) bond motifs is 2. The van der Waals surface area contributed by atoms with E-state index in [4.69, 9.17) is 10.1 Å². The Morgan fingerprint density at radius 3 is 2.62 bits per heavy atom. The smallest absolute Gasteiger partial charge is 0.354 e. The molecule has 1 aromatic rings. The number of anilines is 1. The summed E-state index contributed by atoms with van der Waals surface area (Å²) in [6, 6.07) is -0.753. The number of pyridine rings is 1. The van der Waals surface area contributed by atoms with Crippen LogP contribution in [-0.2, 0) is 35.6 Å². The first-order valence-electron chi connectivity index (χ1n) is 10.6. The van der Waals surface area contributed by atoms with Gasteiger partial charge in [0.15, 0.2) is 0 Å². The molecular weight excluding hydrogens is 444 g/mol. The molecule has 3 rings (SSSR count). The van der Waals surface area contributed by atoms with Crippen molar-refractivity contribution in [1.82, 2.24) is 4.98 Å². The molecule has 4 N–H and O–H groups in total. The minimum Gasteiger partial charge on any atom is -0.385 e. The Bertz CT molecular complexity index is 1160. The Labute approximate surface area is 195 Å². The maximum atomic E-state index is 13.2. The lowest BCUT2D eigenvalue weighted by molar-refractivity contribution is 0.129. The van der Waals surface area contributed by atoms with Crippen LogP contribution in [0.25, 0.3) is 0 Å². The molecule has 0 bridgehead atoms. The molecule has 174 valence electrons. The predicted molar refractivity (Wildman–Crippen MR) is 132 cm³/mol. The quantitative estimate of drug-likeness (QED) is 0.537. The lowest BCUT2D eigenvalue weighted by atomic mass is 9.90. The Morgan fingerprint density at radius 2 is 2.03 bits per heavy atom. The van der Waals surface area contributed by atoms with E-state index in [1.54, 1.807) is 20.8 Å². The summed E-state index contributed by atoms with van der Waals surface area (Å²) in [5.41, 5.74) is 6.37. The molecule has 1 unspecified atom stereocenters. The summed E-state index contributed by atoms with van der Waals surface area (Å²) in [5.74, 6) is 0. The summed E-state index contributed by atoms with van der Waals surface area (Å²) >= 11 is 0.962. The molecule has 2 aliphatic rings. The number of allylic oxidation sites excluding steroid dienone is 1. The summed E-state index contributed by atoms with van der Waals surface area (Å²) in [6.07, 6.45) is 5.93. The molecule has 0 aromatic carbocycles. The molecule has 0 aliphatic heterocycles. The number of carbonyl (C=O) groups excluding carboxylic acids is 1. The number of aryl methyl sites for hydroxylation is 1. The molecule has 1 heterocycles. The summed E-state index contributed by atoms with van der Waals surface area (Å²) in [4.78, 5) is 18.1. The lowest BCUT2D eigenvalue weighted by Crippen LogP contribution is -2.23. The number of carbonyl (C=O) groups is 1. The summed E-state index contributed by atoms with van der Waals surface area (Å²) in [7, 11) is -3.54. The fourth-order valence-electron chi connectivity index (χ4n) is 4.22. The molecule has 1 aromatic heterocycles. The van der Waals surface area contributed by atoms with Crippen LogP contribution in [-0.4, -0.2) is 25.9 Å². The third-order valence-electron chi connectivity index (χ3n) is 5.61. The van der Waals surface area contributed by atoms with Crippen molar-refractivity contribution in [1.29, 1.82) is 0 Å². The molecule has 0 radical (unpaired) electrons. The van der Waals surface area contributed by atoms with Gasteiger partial charge in [0.2, 0.25) is 0 Å². The number of aromatic nitrogens is 1. The van der Waals surface area contributed by atoms with Gasteiger partial charge in [-0.25, -0.2) is 14.1 Å². The molecule has 1 atom stereocenters. The standard InChI is InChI=1S/C23H32N4O3S2/c1-7-18(23(5,6)29)31-19(8-2)32(24,30)27-21(28)26-20-14-10-9-11-16(14)25-17-13-22(3,4)12-15(17)20/h8,29H,1,9-13H2,2-6H3,(H3,24,25,26,27,28,30)/b19-8+. The third-order valence-corrected chi connectivity index (χ3v) is 9.11. The van der Waals surface area contributed by atoms with E-state index in [1.807, 2.05) is 0 Å². The maximum Gasteiger partial charge on any atom is 0.354 e. The first-order valence-corrected chi connectivity index (χ1v) is 13.0. The highest BCUT2D eigenvalue weighted by Crippen LogP contribution is 2.43. The van der Waals surface area contributed by atoms with Crippen LogP contribution in [0.1, 0.15) is 63.6 Å². The topological polar surface area (TPSA) is 118 Å². The number of hydrogen-bond acceptors (Lipinski definition) is 5. The summed E-state index contributed by atoms with van der Waals surface area (Å²) < 4.78 is 17.2. The van der Waals surface area contributed by atoms with E-state index < -0.39 is 21.5 Å². The number of thioether (sulfide) groups is 1. The van der Waals surface area contributed by atoms with Gasteiger partial charge in [0.25, 0.3) is 0 Å². The molecule has 2 amide bonds. The first kappa shape index (κ1) is 24.7. The summed E-state index contributed by atoms with van der Waals surface area (Å²) in [5, 5.41) is 19.1. The zero-order valence-corrected chi connectivity index (χ0v) is 21.0. The highest BCUT2D eigenvalue weighted by atomic mass is 32.3. The van der Waals surface area contributed by atoms with Crippen molar-refractivity contribution in [2.24, 2.45) is 14.9 Å². The van der Waals surface area contributed by atoms with E-state index in [2.05, 4.69) is 35.8 Å². The van der Waals surface area contributed by atoms with E-state index in [0.717, 1.165) is 72.1 Å². The van der Waals surface area contributed by atoms with Gasteiger partial charge in [0, 0.05) is 11.4 Å². The third kappa shape index (κ3) is 5.18. The number of rotatable bonds is 5. The van der Waals surface area contributed by atoms with Crippen LogP contribution in [0.5, 0.6) is 0 Å². The zero-order chi connectivity index (χ0) is 23.9. The molecule has 0 saturated heterocycles. The van der Waals surface area contributed by atoms with Gasteiger partial charge in [0.05, 0.1) is 20.4 Å². The number of nitrogens with two attached hydrogens (primary N) is 1. The van der Waals surface area contributed by atoms with Gasteiger partial charge in [-0.1, -0.05) is 38.3 Å². The van der Waals surface area contributed by atoms with E-state index in [0.29, 0.717) is 4.91 Å². The number of hydrogen-bond donors (Lipinski definition) is 3. The van der Waals surface area contributed by atoms with Crippen LogP contribution in [0, 0.1) is 5.41 Å². The van der Waals surface area contributed by atoms with Gasteiger partial charge < -0.3 is 10.4 Å². The van der Waals surface area contributed by atoms with E-state index in [-0.39, 0.29) is 9.65 Å². The lowest BCUT2D eigenvalue weighted by Gasteiger charge is -2.20. The van der Waals surface area contributed by atoms with Gasteiger partial charge in [-0.05, 0) is 69.4 Å². The van der Waals surface area contributed by atoms with Crippen LogP contribution in [0.3, 0.4) is 0 Å². The summed E-state index contributed by atoms with van der Waals surface area (Å²) in [6.45, 7) is 12.7. The average molecular weight is 477 g/mol. The second-order valence-electron chi connectivity index (χ2n) is 9.57. The van der Waals surface area contributed by atoms with Crippen molar-refractivity contribution in [3.63, 3.8) is 0 Å². The first-order chi connectivity index (χ1) is 14.8. The molecule has 9 heteroatoms. The Kier molecular flexibility index (Phi) is 6.80. The largest absolute Gasteiger partial charge is 0.385 e. The number of nitrogens with one attached hydrogen (secondary N) is 1. The average Bonchev–Trinajstić information content (AvgIpc) is 3.23. The normalized spacial score (nSPS) is 18.9. The van der Waals surface area contributed by atoms with Gasteiger partial charge in [-0.15, -0.1) is 10.1 Å². The SMILES string of the molecule is C=C=C(S/C(=C\C)S(N)(=O)=NC(=O)Nc1c2c(nc3c1CC(C)(C)C3)CCC2)C(C)(C)O. The molecule has 32 heavy (non-hydrogen) atoms. The molecule has 0 fully saturated rings.